The van der Waals surface area contributed by atoms with Gasteiger partial charge in [0.25, 0.3) is 0 Å². The number of pyridine rings is 1. The second kappa shape index (κ2) is 9.86. The Morgan fingerprint density at radius 1 is 0.902 bits per heavy atom. The lowest BCUT2D eigenvalue weighted by molar-refractivity contribution is 0.0535. The first-order chi connectivity index (χ1) is 19.8. The zero-order valence-corrected chi connectivity index (χ0v) is 23.9. The van der Waals surface area contributed by atoms with E-state index >= 15 is 0 Å². The van der Waals surface area contributed by atoms with Crippen molar-refractivity contribution >= 4 is 37.8 Å². The van der Waals surface area contributed by atoms with Crippen molar-refractivity contribution in [2.45, 2.75) is 31.8 Å². The first-order valence-electron chi connectivity index (χ1n) is 13.9. The monoisotopic (exact) mass is 568 g/mol. The fourth-order valence-electron chi connectivity index (χ4n) is 6.25. The molecule has 4 heterocycles. The van der Waals surface area contributed by atoms with E-state index < -0.39 is 10.0 Å². The molecule has 41 heavy (non-hydrogen) atoms. The molecule has 11 heteroatoms. The third-order valence-electron chi connectivity index (χ3n) is 8.65. The Bertz CT molecular complexity index is 1880. The van der Waals surface area contributed by atoms with Gasteiger partial charge in [0, 0.05) is 48.7 Å². The summed E-state index contributed by atoms with van der Waals surface area (Å²) in [6.45, 7) is 4.66. The van der Waals surface area contributed by atoms with Crippen LogP contribution in [0.5, 0.6) is 0 Å². The molecule has 0 unspecified atom stereocenters. The van der Waals surface area contributed by atoms with Gasteiger partial charge in [0.15, 0.2) is 5.65 Å². The highest BCUT2D eigenvalue weighted by Gasteiger charge is 2.39. The third-order valence-corrected chi connectivity index (χ3v) is 9.95. The van der Waals surface area contributed by atoms with Gasteiger partial charge < -0.3 is 5.73 Å². The number of nitrogens with two attached hydrogens (primary N) is 1. The highest BCUT2D eigenvalue weighted by atomic mass is 32.2. The summed E-state index contributed by atoms with van der Waals surface area (Å²) in [6, 6.07) is 19.1. The minimum atomic E-state index is -3.14. The van der Waals surface area contributed by atoms with Crippen LogP contribution < -0.4 is 5.73 Å². The molecule has 0 spiro atoms. The van der Waals surface area contributed by atoms with E-state index in [0.717, 1.165) is 75.9 Å². The SMILES string of the molecule is Cc1c(-c2nn(C3CC(N4CCN(S(C)(=O)=O)CC4)C3)c3ncnc(N)c23)ccc2ccc(-c3ccccc3)nc12. The second-order valence-corrected chi connectivity index (χ2v) is 13.1. The lowest BCUT2D eigenvalue weighted by Crippen LogP contribution is -2.55. The van der Waals surface area contributed by atoms with Crippen LogP contribution in [0.2, 0.25) is 0 Å². The van der Waals surface area contributed by atoms with Crippen molar-refractivity contribution in [3.05, 3.63) is 66.5 Å². The van der Waals surface area contributed by atoms with Crippen LogP contribution in [0.1, 0.15) is 24.4 Å². The van der Waals surface area contributed by atoms with E-state index in [1.807, 2.05) is 22.9 Å². The Labute approximate surface area is 238 Å². The first kappa shape index (κ1) is 26.0. The molecule has 1 aliphatic heterocycles. The molecular weight excluding hydrogens is 536 g/mol. The quantitative estimate of drug-likeness (QED) is 0.339. The molecule has 0 radical (unpaired) electrons. The predicted octanol–water partition coefficient (Wildman–Crippen LogP) is 3.88. The number of piperazine rings is 1. The molecule has 5 aromatic rings. The fraction of sp³-hybridized carbons (Fsp3) is 0.333. The minimum Gasteiger partial charge on any atom is -0.383 e. The van der Waals surface area contributed by atoms with Gasteiger partial charge in [0.05, 0.1) is 28.9 Å². The molecule has 0 amide bonds. The van der Waals surface area contributed by atoms with Crippen LogP contribution in [-0.2, 0) is 10.0 Å². The van der Waals surface area contributed by atoms with E-state index in [4.69, 9.17) is 15.8 Å². The highest BCUT2D eigenvalue weighted by molar-refractivity contribution is 7.88. The van der Waals surface area contributed by atoms with Crippen molar-refractivity contribution in [2.24, 2.45) is 0 Å². The average molecular weight is 569 g/mol. The van der Waals surface area contributed by atoms with Crippen LogP contribution in [0.3, 0.4) is 0 Å². The molecule has 2 fully saturated rings. The highest BCUT2D eigenvalue weighted by Crippen LogP contribution is 2.41. The molecule has 2 N–H and O–H groups in total. The Morgan fingerprint density at radius 3 is 2.37 bits per heavy atom. The molecule has 0 atom stereocenters. The first-order valence-corrected chi connectivity index (χ1v) is 15.8. The molecule has 2 aliphatic rings. The maximum atomic E-state index is 11.9. The smallest absolute Gasteiger partial charge is 0.211 e. The zero-order valence-electron chi connectivity index (χ0n) is 23.1. The lowest BCUT2D eigenvalue weighted by atomic mass is 9.85. The summed E-state index contributed by atoms with van der Waals surface area (Å²) in [6.07, 6.45) is 4.64. The number of nitrogen functional groups attached to an aromatic ring is 1. The van der Waals surface area contributed by atoms with E-state index in [9.17, 15) is 8.42 Å². The largest absolute Gasteiger partial charge is 0.383 e. The van der Waals surface area contributed by atoms with E-state index in [1.165, 1.54) is 12.6 Å². The Balaban J connectivity index is 1.21. The van der Waals surface area contributed by atoms with Crippen LogP contribution in [0.4, 0.5) is 5.82 Å². The van der Waals surface area contributed by atoms with Crippen molar-refractivity contribution in [3.63, 3.8) is 0 Å². The van der Waals surface area contributed by atoms with Gasteiger partial charge in [-0.2, -0.15) is 9.40 Å². The predicted molar refractivity (Wildman–Crippen MR) is 161 cm³/mol. The minimum absolute atomic E-state index is 0.182. The summed E-state index contributed by atoms with van der Waals surface area (Å²) < 4.78 is 27.4. The number of nitrogens with zero attached hydrogens (tertiary/aromatic N) is 7. The van der Waals surface area contributed by atoms with E-state index in [1.54, 1.807) is 4.31 Å². The molecule has 10 nitrogen and oxygen atoms in total. The summed E-state index contributed by atoms with van der Waals surface area (Å²) in [5.74, 6) is 0.412. The Morgan fingerprint density at radius 2 is 1.63 bits per heavy atom. The number of fused-ring (bicyclic) bond motifs is 2. The second-order valence-electron chi connectivity index (χ2n) is 11.1. The van der Waals surface area contributed by atoms with Crippen LogP contribution in [0.25, 0.3) is 44.5 Å². The third kappa shape index (κ3) is 4.54. The summed E-state index contributed by atoms with van der Waals surface area (Å²) >= 11 is 0. The van der Waals surface area contributed by atoms with Crippen LogP contribution in [0.15, 0.2) is 60.9 Å². The van der Waals surface area contributed by atoms with Crippen molar-refractivity contribution < 1.29 is 8.42 Å². The van der Waals surface area contributed by atoms with E-state index in [2.05, 4.69) is 58.2 Å². The van der Waals surface area contributed by atoms with Gasteiger partial charge in [-0.1, -0.05) is 48.5 Å². The topological polar surface area (TPSA) is 123 Å². The van der Waals surface area contributed by atoms with E-state index in [-0.39, 0.29) is 6.04 Å². The van der Waals surface area contributed by atoms with Crippen molar-refractivity contribution in [2.75, 3.05) is 38.2 Å². The van der Waals surface area contributed by atoms with Crippen LogP contribution in [-0.4, -0.2) is 80.8 Å². The average Bonchev–Trinajstić information content (AvgIpc) is 3.33. The molecule has 0 bridgehead atoms. The summed E-state index contributed by atoms with van der Waals surface area (Å²) in [4.78, 5) is 16.4. The van der Waals surface area contributed by atoms with Crippen molar-refractivity contribution in [1.82, 2.24) is 33.9 Å². The van der Waals surface area contributed by atoms with Gasteiger partial charge in [-0.05, 0) is 31.4 Å². The number of aromatic nitrogens is 5. The number of sulfonamides is 1. The number of hydrogen-bond donors (Lipinski definition) is 1. The van der Waals surface area contributed by atoms with Crippen LogP contribution >= 0.6 is 0 Å². The molecule has 1 saturated carbocycles. The van der Waals surface area contributed by atoms with E-state index in [0.29, 0.717) is 24.9 Å². The number of benzene rings is 2. The van der Waals surface area contributed by atoms with Crippen molar-refractivity contribution in [1.29, 1.82) is 0 Å². The summed E-state index contributed by atoms with van der Waals surface area (Å²) in [5, 5.41) is 6.94. The van der Waals surface area contributed by atoms with Gasteiger partial charge in [-0.15, -0.1) is 0 Å². The molecule has 3 aromatic heterocycles. The van der Waals surface area contributed by atoms with Gasteiger partial charge in [-0.25, -0.2) is 28.1 Å². The van der Waals surface area contributed by atoms with Gasteiger partial charge >= 0.3 is 0 Å². The number of hydrogen-bond acceptors (Lipinski definition) is 8. The Kier molecular flexibility index (Phi) is 6.25. The molecule has 1 saturated heterocycles. The molecule has 210 valence electrons. The number of anilines is 1. The van der Waals surface area contributed by atoms with Gasteiger partial charge in [0.1, 0.15) is 17.8 Å². The maximum Gasteiger partial charge on any atom is 0.211 e. The lowest BCUT2D eigenvalue weighted by Gasteiger charge is -2.45. The fourth-order valence-corrected chi connectivity index (χ4v) is 7.08. The van der Waals surface area contributed by atoms with Gasteiger partial charge in [-0.3, -0.25) is 4.90 Å². The maximum absolute atomic E-state index is 11.9. The summed E-state index contributed by atoms with van der Waals surface area (Å²) in [5.41, 5.74) is 12.9. The normalized spacial score (nSPS) is 20.4. The number of aryl methyl sites for hydroxylation is 1. The van der Waals surface area contributed by atoms with Crippen LogP contribution in [0, 0.1) is 6.92 Å². The molecule has 7 rings (SSSR count). The zero-order chi connectivity index (χ0) is 28.3. The Hall–Kier alpha value is -3.93. The van der Waals surface area contributed by atoms with Gasteiger partial charge in [0.2, 0.25) is 10.0 Å². The molecular formula is C30H32N8O2S. The number of rotatable bonds is 5. The van der Waals surface area contributed by atoms with Crippen molar-refractivity contribution in [3.8, 4) is 22.5 Å². The summed E-state index contributed by atoms with van der Waals surface area (Å²) in [7, 11) is -3.14. The standard InChI is InChI=1S/C30H32N8O2S/c1-19-24(10-8-21-9-11-25(34-27(19)21)20-6-4-3-5-7-20)28-26-29(31)32-18-33-30(26)38(35-28)23-16-22(17-23)36-12-14-37(15-13-36)41(2,39)40/h3-11,18,22-23H,12-17H2,1-2H3,(H2,31,32,33). The molecule has 1 aliphatic carbocycles. The molecule has 2 aromatic carbocycles.